The Morgan fingerprint density at radius 3 is 2.70 bits per heavy atom. The Labute approximate surface area is 155 Å². The summed E-state index contributed by atoms with van der Waals surface area (Å²) in [4.78, 5) is 28.3. The molecular formula is C20H20N4O3. The first-order valence-corrected chi connectivity index (χ1v) is 8.97. The van der Waals surface area contributed by atoms with E-state index in [0.29, 0.717) is 24.2 Å². The molecule has 2 aromatic carbocycles. The Kier molecular flexibility index (Phi) is 4.74. The Balaban J connectivity index is 1.26. The van der Waals surface area contributed by atoms with Crippen molar-refractivity contribution in [3.8, 4) is 0 Å². The van der Waals surface area contributed by atoms with E-state index in [1.807, 2.05) is 48.8 Å². The minimum Gasteiger partial charge on any atom is -0.408 e. The Morgan fingerprint density at radius 1 is 1.04 bits per heavy atom. The number of hydrogen-bond donors (Lipinski definition) is 1. The number of rotatable bonds is 7. The largest absolute Gasteiger partial charge is 0.419 e. The summed E-state index contributed by atoms with van der Waals surface area (Å²) < 4.78 is 8.75. The van der Waals surface area contributed by atoms with Gasteiger partial charge in [0.25, 0.3) is 0 Å². The molecule has 27 heavy (non-hydrogen) atoms. The lowest BCUT2D eigenvalue weighted by Crippen LogP contribution is -2.27. The lowest BCUT2D eigenvalue weighted by molar-refractivity contribution is -0.121. The van der Waals surface area contributed by atoms with Crippen LogP contribution in [-0.2, 0) is 17.9 Å². The van der Waals surface area contributed by atoms with Crippen molar-refractivity contribution in [1.29, 1.82) is 0 Å². The van der Waals surface area contributed by atoms with E-state index < -0.39 is 5.76 Å². The van der Waals surface area contributed by atoms with Crippen molar-refractivity contribution >= 4 is 28.0 Å². The zero-order valence-electron chi connectivity index (χ0n) is 14.8. The maximum Gasteiger partial charge on any atom is 0.419 e. The lowest BCUT2D eigenvalue weighted by Gasteiger charge is -2.07. The average Bonchev–Trinajstić information content (AvgIpc) is 3.24. The number of carbonyl (C=O) groups is 1. The van der Waals surface area contributed by atoms with Crippen molar-refractivity contribution in [3.63, 3.8) is 0 Å². The van der Waals surface area contributed by atoms with E-state index in [1.54, 1.807) is 6.07 Å². The highest BCUT2D eigenvalue weighted by molar-refractivity contribution is 5.77. The summed E-state index contributed by atoms with van der Waals surface area (Å²) in [5.41, 5.74) is 3.31. The number of oxazole rings is 1. The molecule has 7 nitrogen and oxygen atoms in total. The maximum atomic E-state index is 12.1. The molecule has 0 spiro atoms. The molecule has 7 heteroatoms. The molecule has 2 aromatic heterocycles. The van der Waals surface area contributed by atoms with Crippen LogP contribution in [0.15, 0.2) is 64.1 Å². The third-order valence-corrected chi connectivity index (χ3v) is 4.56. The van der Waals surface area contributed by atoms with Crippen molar-refractivity contribution in [2.75, 3.05) is 6.54 Å². The molecule has 0 radical (unpaired) electrons. The third kappa shape index (κ3) is 3.62. The Morgan fingerprint density at radius 2 is 1.81 bits per heavy atom. The van der Waals surface area contributed by atoms with Gasteiger partial charge in [-0.05, 0) is 30.7 Å². The number of benzene rings is 2. The van der Waals surface area contributed by atoms with Crippen molar-refractivity contribution in [3.05, 3.63) is 65.4 Å². The molecule has 0 aliphatic carbocycles. The summed E-state index contributed by atoms with van der Waals surface area (Å²) >= 11 is 0. The van der Waals surface area contributed by atoms with Gasteiger partial charge in [0.05, 0.1) is 22.9 Å². The molecule has 0 fully saturated rings. The number of nitrogens with one attached hydrogen (secondary N) is 1. The van der Waals surface area contributed by atoms with Crippen LogP contribution in [0.4, 0.5) is 0 Å². The number of nitrogens with zero attached hydrogens (tertiary/aromatic N) is 3. The number of para-hydroxylation sites is 4. The normalized spacial score (nSPS) is 11.3. The quantitative estimate of drug-likeness (QED) is 0.511. The zero-order valence-corrected chi connectivity index (χ0v) is 14.8. The number of aryl methyl sites for hydroxylation is 2. The van der Waals surface area contributed by atoms with Crippen LogP contribution in [0.1, 0.15) is 12.8 Å². The molecule has 0 saturated carbocycles. The van der Waals surface area contributed by atoms with Crippen LogP contribution in [0.5, 0.6) is 0 Å². The van der Waals surface area contributed by atoms with E-state index in [0.717, 1.165) is 24.0 Å². The summed E-state index contributed by atoms with van der Waals surface area (Å²) in [6.45, 7) is 1.66. The van der Waals surface area contributed by atoms with Crippen LogP contribution in [0.25, 0.3) is 22.1 Å². The number of carbonyl (C=O) groups excluding carboxylic acids is 1. The van der Waals surface area contributed by atoms with Gasteiger partial charge in [0.15, 0.2) is 5.58 Å². The van der Waals surface area contributed by atoms with Crippen LogP contribution >= 0.6 is 0 Å². The summed E-state index contributed by atoms with van der Waals surface area (Å²) in [5.74, 6) is -0.515. The van der Waals surface area contributed by atoms with Gasteiger partial charge < -0.3 is 14.3 Å². The van der Waals surface area contributed by atoms with E-state index in [1.165, 1.54) is 4.57 Å². The van der Waals surface area contributed by atoms with Crippen LogP contribution in [0, 0.1) is 0 Å². The number of aromatic nitrogens is 3. The molecule has 0 saturated heterocycles. The molecule has 0 aliphatic rings. The zero-order chi connectivity index (χ0) is 18.6. The highest BCUT2D eigenvalue weighted by Gasteiger charge is 2.10. The van der Waals surface area contributed by atoms with Crippen LogP contribution in [0.2, 0.25) is 0 Å². The van der Waals surface area contributed by atoms with Crippen LogP contribution < -0.4 is 11.1 Å². The monoisotopic (exact) mass is 364 g/mol. The van der Waals surface area contributed by atoms with Gasteiger partial charge in [-0.2, -0.15) is 0 Å². The fraction of sp³-hybridized carbons (Fsp3) is 0.250. The number of hydrogen-bond acceptors (Lipinski definition) is 4. The fourth-order valence-corrected chi connectivity index (χ4v) is 3.19. The van der Waals surface area contributed by atoms with Crippen molar-refractivity contribution in [1.82, 2.24) is 19.4 Å². The number of amides is 1. The van der Waals surface area contributed by atoms with Gasteiger partial charge in [0.2, 0.25) is 5.91 Å². The van der Waals surface area contributed by atoms with Gasteiger partial charge in [-0.1, -0.05) is 24.3 Å². The van der Waals surface area contributed by atoms with E-state index in [2.05, 4.69) is 14.9 Å². The van der Waals surface area contributed by atoms with Gasteiger partial charge >= 0.3 is 5.76 Å². The van der Waals surface area contributed by atoms with Gasteiger partial charge in [-0.3, -0.25) is 9.36 Å². The molecular weight excluding hydrogens is 344 g/mol. The van der Waals surface area contributed by atoms with Gasteiger partial charge in [-0.25, -0.2) is 9.78 Å². The molecule has 138 valence electrons. The first-order chi connectivity index (χ1) is 13.2. The summed E-state index contributed by atoms with van der Waals surface area (Å²) in [6, 6.07) is 15.2. The molecule has 1 amide bonds. The van der Waals surface area contributed by atoms with E-state index in [4.69, 9.17) is 4.42 Å². The lowest BCUT2D eigenvalue weighted by atomic mass is 10.3. The Bertz CT molecular complexity index is 1140. The molecule has 4 rings (SSSR count). The van der Waals surface area contributed by atoms with Gasteiger partial charge in [0, 0.05) is 26.1 Å². The first kappa shape index (κ1) is 17.1. The van der Waals surface area contributed by atoms with Crippen molar-refractivity contribution in [2.24, 2.45) is 0 Å². The highest BCUT2D eigenvalue weighted by atomic mass is 16.4. The molecule has 0 aliphatic heterocycles. The standard InChI is InChI=1S/C20H20N4O3/c25-19(10-13-24-17-8-3-4-9-18(17)27-20(24)26)21-11-5-12-23-14-22-15-6-1-2-7-16(15)23/h1-4,6-9,14H,5,10-13H2,(H,21,25). The van der Waals surface area contributed by atoms with E-state index >= 15 is 0 Å². The van der Waals surface area contributed by atoms with Crippen molar-refractivity contribution in [2.45, 2.75) is 25.9 Å². The van der Waals surface area contributed by atoms with Crippen molar-refractivity contribution < 1.29 is 9.21 Å². The van der Waals surface area contributed by atoms with E-state index in [-0.39, 0.29) is 12.3 Å². The third-order valence-electron chi connectivity index (χ3n) is 4.56. The second kappa shape index (κ2) is 7.49. The minimum atomic E-state index is -0.434. The summed E-state index contributed by atoms with van der Waals surface area (Å²) in [6.07, 6.45) is 2.86. The second-order valence-electron chi connectivity index (χ2n) is 6.37. The number of imidazole rings is 1. The van der Waals surface area contributed by atoms with E-state index in [9.17, 15) is 9.59 Å². The number of fused-ring (bicyclic) bond motifs is 2. The predicted molar refractivity (Wildman–Crippen MR) is 102 cm³/mol. The fourth-order valence-electron chi connectivity index (χ4n) is 3.19. The van der Waals surface area contributed by atoms with Crippen LogP contribution in [0.3, 0.4) is 0 Å². The molecule has 1 N–H and O–H groups in total. The minimum absolute atomic E-state index is 0.0809. The smallest absolute Gasteiger partial charge is 0.408 e. The van der Waals surface area contributed by atoms with Crippen LogP contribution in [-0.4, -0.2) is 26.6 Å². The predicted octanol–water partition coefficient (Wildman–Crippen LogP) is 2.54. The average molecular weight is 364 g/mol. The molecule has 0 unspecified atom stereocenters. The molecule has 4 aromatic rings. The molecule has 0 bridgehead atoms. The first-order valence-electron chi connectivity index (χ1n) is 8.97. The molecule has 0 atom stereocenters. The highest BCUT2D eigenvalue weighted by Crippen LogP contribution is 2.13. The Hall–Kier alpha value is -3.35. The summed E-state index contributed by atoms with van der Waals surface area (Å²) in [5, 5.41) is 2.90. The molecule has 2 heterocycles. The summed E-state index contributed by atoms with van der Waals surface area (Å²) in [7, 11) is 0. The topological polar surface area (TPSA) is 82.1 Å². The maximum absolute atomic E-state index is 12.1. The second-order valence-corrected chi connectivity index (χ2v) is 6.37. The van der Waals surface area contributed by atoms with Gasteiger partial charge in [-0.15, -0.1) is 0 Å². The SMILES string of the molecule is O=C(CCn1c(=O)oc2ccccc21)NCCCn1cnc2ccccc21. The van der Waals surface area contributed by atoms with Gasteiger partial charge in [0.1, 0.15) is 0 Å².